The van der Waals surface area contributed by atoms with Gasteiger partial charge in [-0.1, -0.05) is 38.1 Å². The molecule has 0 bridgehead atoms. The summed E-state index contributed by atoms with van der Waals surface area (Å²) in [5.74, 6) is 0.397. The fourth-order valence-corrected chi connectivity index (χ4v) is 3.70. The summed E-state index contributed by atoms with van der Waals surface area (Å²) < 4.78 is 7.31. The second-order valence-electron chi connectivity index (χ2n) is 7.97. The Morgan fingerprint density at radius 1 is 1.08 bits per heavy atom. The Hall–Kier alpha value is -4.68. The van der Waals surface area contributed by atoms with Crippen molar-refractivity contribution in [2.24, 2.45) is 0 Å². The first-order valence-corrected chi connectivity index (χ1v) is 11.6. The highest BCUT2D eigenvalue weighted by molar-refractivity contribution is 5.92. The van der Waals surface area contributed by atoms with E-state index in [4.69, 9.17) is 11.0 Å². The summed E-state index contributed by atoms with van der Waals surface area (Å²) in [6.45, 7) is 13.4. The van der Waals surface area contributed by atoms with Crippen molar-refractivity contribution >= 4 is 29.0 Å². The van der Waals surface area contributed by atoms with Crippen molar-refractivity contribution in [2.75, 3.05) is 30.3 Å². The summed E-state index contributed by atoms with van der Waals surface area (Å²) in [6.07, 6.45) is 3.19. The van der Waals surface area contributed by atoms with E-state index in [-0.39, 0.29) is 17.5 Å². The van der Waals surface area contributed by atoms with E-state index in [1.807, 2.05) is 36.9 Å². The van der Waals surface area contributed by atoms with Gasteiger partial charge in [-0.15, -0.1) is 0 Å². The fourth-order valence-electron chi connectivity index (χ4n) is 3.70. The van der Waals surface area contributed by atoms with Gasteiger partial charge in [0.2, 0.25) is 11.6 Å². The Morgan fingerprint density at radius 3 is 2.64 bits per heavy atom. The Balaban J connectivity index is 1.52. The first-order valence-electron chi connectivity index (χ1n) is 11.6. The minimum Gasteiger partial charge on any atom is -0.423 e. The molecule has 0 aliphatic carbocycles. The van der Waals surface area contributed by atoms with Crippen molar-refractivity contribution < 1.29 is 9.21 Å². The van der Waals surface area contributed by atoms with E-state index in [0.29, 0.717) is 40.6 Å². The number of rotatable bonds is 9. The summed E-state index contributed by atoms with van der Waals surface area (Å²) in [4.78, 5) is 34.5. The number of benzene rings is 2. The number of nitrogens with zero attached hydrogens (tertiary/aromatic N) is 4. The van der Waals surface area contributed by atoms with Gasteiger partial charge in [-0.3, -0.25) is 19.1 Å². The van der Waals surface area contributed by atoms with Gasteiger partial charge < -0.3 is 15.1 Å². The van der Waals surface area contributed by atoms with Crippen molar-refractivity contribution in [3.8, 4) is 17.0 Å². The Bertz CT molecular complexity index is 1460. The monoisotopic (exact) mass is 482 g/mol. The zero-order valence-electron chi connectivity index (χ0n) is 20.1. The van der Waals surface area contributed by atoms with Gasteiger partial charge in [0.15, 0.2) is 5.76 Å². The van der Waals surface area contributed by atoms with Crippen LogP contribution in [0.4, 0.5) is 23.1 Å². The van der Waals surface area contributed by atoms with Crippen LogP contribution in [-0.2, 0) is 4.79 Å². The molecule has 4 rings (SSSR count). The minimum atomic E-state index is -0.233. The first-order chi connectivity index (χ1) is 17.5. The summed E-state index contributed by atoms with van der Waals surface area (Å²) in [5.41, 5.74) is 2.62. The number of amides is 1. The molecule has 2 N–H and O–H groups in total. The second-order valence-corrected chi connectivity index (χ2v) is 7.97. The molecule has 36 heavy (non-hydrogen) atoms. The van der Waals surface area contributed by atoms with E-state index in [2.05, 4.69) is 20.5 Å². The molecule has 0 saturated heterocycles. The van der Waals surface area contributed by atoms with E-state index in [1.165, 1.54) is 10.6 Å². The molecule has 1 amide bonds. The van der Waals surface area contributed by atoms with Crippen molar-refractivity contribution in [1.82, 2.24) is 14.5 Å². The molecule has 0 radical (unpaired) electrons. The lowest BCUT2D eigenvalue weighted by Gasteiger charge is -2.17. The third kappa shape index (κ3) is 5.68. The highest BCUT2D eigenvalue weighted by Gasteiger charge is 2.13. The lowest BCUT2D eigenvalue weighted by Crippen LogP contribution is -2.32. The number of pyridine rings is 1. The summed E-state index contributed by atoms with van der Waals surface area (Å²) in [7, 11) is 0. The number of likely N-dealkylation sites (N-methyl/N-ethyl adjacent to an activating group) is 1. The fraction of sp³-hybridized carbons (Fsp3) is 0.185. The molecule has 0 aliphatic rings. The van der Waals surface area contributed by atoms with E-state index in [1.54, 1.807) is 48.8 Å². The Morgan fingerprint density at radius 2 is 1.89 bits per heavy atom. The maximum Gasteiger partial charge on any atom is 0.299 e. The van der Waals surface area contributed by atoms with Crippen molar-refractivity contribution in [3.05, 3.63) is 94.8 Å². The van der Waals surface area contributed by atoms with Gasteiger partial charge in [-0.25, -0.2) is 9.83 Å². The Kier molecular flexibility index (Phi) is 7.58. The smallest absolute Gasteiger partial charge is 0.299 e. The van der Waals surface area contributed by atoms with Gasteiger partial charge in [0.05, 0.1) is 25.0 Å². The van der Waals surface area contributed by atoms with Gasteiger partial charge in [0.25, 0.3) is 11.6 Å². The summed E-state index contributed by atoms with van der Waals surface area (Å²) in [5, 5.41) is 6.02. The van der Waals surface area contributed by atoms with Crippen LogP contribution in [0.15, 0.2) is 82.3 Å². The molecule has 4 aromatic rings. The van der Waals surface area contributed by atoms with E-state index < -0.39 is 0 Å². The van der Waals surface area contributed by atoms with Crippen LogP contribution in [0, 0.1) is 6.57 Å². The largest absolute Gasteiger partial charge is 0.423 e. The average molecular weight is 483 g/mol. The second kappa shape index (κ2) is 11.2. The highest BCUT2D eigenvalue weighted by atomic mass is 16.4. The average Bonchev–Trinajstić information content (AvgIpc) is 3.36. The lowest BCUT2D eigenvalue weighted by molar-refractivity contribution is -0.117. The van der Waals surface area contributed by atoms with Crippen LogP contribution < -0.4 is 16.2 Å². The van der Waals surface area contributed by atoms with Crippen LogP contribution in [0.1, 0.15) is 13.8 Å². The molecular formula is C27H26N6O3. The van der Waals surface area contributed by atoms with E-state index in [9.17, 15) is 9.59 Å². The molecular weight excluding hydrogens is 456 g/mol. The third-order valence-corrected chi connectivity index (χ3v) is 5.63. The standard InChI is InChI=1S/C27H26N6O3/c1-4-32(5-2)18-25(34)30-20-9-8-10-21(16-20)31-27-29-17-24(36-27)19-12-13-22(28-3)23(15-19)33-14-7-6-11-26(33)35/h6-17H,4-5,18H2,1-2H3,(H,29,31)(H,30,34). The predicted octanol–water partition coefficient (Wildman–Crippen LogP) is 5.07. The molecule has 182 valence electrons. The molecule has 9 heteroatoms. The van der Waals surface area contributed by atoms with Gasteiger partial charge in [-0.05, 0) is 43.4 Å². The molecule has 0 unspecified atom stereocenters. The van der Waals surface area contributed by atoms with Crippen LogP contribution in [0.2, 0.25) is 0 Å². The van der Waals surface area contributed by atoms with Crippen LogP contribution in [0.5, 0.6) is 0 Å². The van der Waals surface area contributed by atoms with Crippen LogP contribution >= 0.6 is 0 Å². The van der Waals surface area contributed by atoms with Crippen LogP contribution in [0.25, 0.3) is 21.9 Å². The SMILES string of the molecule is [C-]#[N+]c1ccc(-c2cnc(Nc3cccc(NC(=O)CN(CC)CC)c3)o2)cc1-n1ccccc1=O. The van der Waals surface area contributed by atoms with E-state index in [0.717, 1.165) is 13.1 Å². The number of hydrogen-bond acceptors (Lipinski definition) is 6. The normalized spacial score (nSPS) is 10.7. The molecule has 0 aliphatic heterocycles. The van der Waals surface area contributed by atoms with Crippen molar-refractivity contribution in [3.63, 3.8) is 0 Å². The molecule has 0 spiro atoms. The van der Waals surface area contributed by atoms with Gasteiger partial charge in [-0.2, -0.15) is 0 Å². The van der Waals surface area contributed by atoms with Gasteiger partial charge >= 0.3 is 0 Å². The van der Waals surface area contributed by atoms with Gasteiger partial charge in [0, 0.05) is 29.2 Å². The number of anilines is 3. The molecule has 0 fully saturated rings. The molecule has 0 saturated carbocycles. The minimum absolute atomic E-state index is 0.0783. The molecule has 9 nitrogen and oxygen atoms in total. The van der Waals surface area contributed by atoms with Crippen LogP contribution in [0.3, 0.4) is 0 Å². The maximum atomic E-state index is 12.3. The molecule has 0 atom stereocenters. The number of nitrogens with one attached hydrogen (secondary N) is 2. The number of aromatic nitrogens is 2. The summed E-state index contributed by atoms with van der Waals surface area (Å²) in [6, 6.07) is 17.5. The zero-order chi connectivity index (χ0) is 25.5. The maximum absolute atomic E-state index is 12.3. The van der Waals surface area contributed by atoms with E-state index >= 15 is 0 Å². The quantitative estimate of drug-likeness (QED) is 0.324. The summed E-state index contributed by atoms with van der Waals surface area (Å²) >= 11 is 0. The molecule has 2 heterocycles. The zero-order valence-corrected chi connectivity index (χ0v) is 20.1. The number of oxazole rings is 1. The lowest BCUT2D eigenvalue weighted by atomic mass is 10.1. The predicted molar refractivity (Wildman–Crippen MR) is 140 cm³/mol. The third-order valence-electron chi connectivity index (χ3n) is 5.63. The highest BCUT2D eigenvalue weighted by Crippen LogP contribution is 2.31. The number of hydrogen-bond donors (Lipinski definition) is 2. The molecule has 2 aromatic carbocycles. The molecule has 2 aromatic heterocycles. The number of carbonyl (C=O) groups is 1. The number of carbonyl (C=O) groups excluding carboxylic acids is 1. The Labute approximate surface area is 208 Å². The topological polar surface area (TPSA) is 96.8 Å². The first kappa shape index (κ1) is 24.4. The van der Waals surface area contributed by atoms with Crippen molar-refractivity contribution in [1.29, 1.82) is 0 Å². The van der Waals surface area contributed by atoms with Crippen molar-refractivity contribution in [2.45, 2.75) is 13.8 Å². The van der Waals surface area contributed by atoms with Crippen LogP contribution in [-0.4, -0.2) is 40.0 Å². The van der Waals surface area contributed by atoms with Gasteiger partial charge in [0.1, 0.15) is 0 Å².